The van der Waals surface area contributed by atoms with Gasteiger partial charge in [-0.1, -0.05) is 23.2 Å². The summed E-state index contributed by atoms with van der Waals surface area (Å²) in [5.74, 6) is -0.444. The molecule has 0 saturated heterocycles. The van der Waals surface area contributed by atoms with E-state index in [9.17, 15) is 9.41 Å². The molecule has 0 spiro atoms. The number of halogens is 3. The minimum Gasteiger partial charge on any atom is -0.423 e. The van der Waals surface area contributed by atoms with E-state index in [1.165, 1.54) is 0 Å². The van der Waals surface area contributed by atoms with Crippen LogP contribution >= 0.6 is 23.2 Å². The van der Waals surface area contributed by atoms with Gasteiger partial charge in [0.25, 0.3) is 0 Å². The highest BCUT2D eigenvalue weighted by molar-refractivity contribution is 6.63. The van der Waals surface area contributed by atoms with Crippen molar-refractivity contribution in [2.24, 2.45) is 0 Å². The molecule has 4 rings (SSSR count). The molecule has 3 N–H and O–H groups in total. The van der Waals surface area contributed by atoms with Crippen LogP contribution in [0.3, 0.4) is 0 Å². The number of fused-ring (bicyclic) bond motifs is 2. The Bertz CT molecular complexity index is 937. The van der Waals surface area contributed by atoms with E-state index < -0.39 is 20.1 Å². The lowest BCUT2D eigenvalue weighted by Gasteiger charge is -2.14. The molecule has 2 aliphatic heterocycles. The van der Waals surface area contributed by atoms with E-state index >= 15 is 0 Å². The second kappa shape index (κ2) is 8.71. The predicted molar refractivity (Wildman–Crippen MR) is 114 cm³/mol. The largest absolute Gasteiger partial charge is 0.497 e. The quantitative estimate of drug-likeness (QED) is 0.454. The van der Waals surface area contributed by atoms with E-state index in [0.29, 0.717) is 51.9 Å². The van der Waals surface area contributed by atoms with Crippen molar-refractivity contribution >= 4 is 59.7 Å². The van der Waals surface area contributed by atoms with Crippen molar-refractivity contribution < 1.29 is 23.4 Å². The third-order valence-corrected chi connectivity index (χ3v) is 5.51. The van der Waals surface area contributed by atoms with Crippen molar-refractivity contribution in [3.63, 3.8) is 0 Å². The van der Waals surface area contributed by atoms with Crippen LogP contribution in [0.15, 0.2) is 18.2 Å². The minimum absolute atomic E-state index is 0.241. The highest BCUT2D eigenvalue weighted by Crippen LogP contribution is 2.29. The monoisotopic (exact) mass is 438 g/mol. The Labute approximate surface area is 178 Å². The summed E-state index contributed by atoms with van der Waals surface area (Å²) in [7, 11) is -1.74. The number of anilines is 2. The molecule has 0 unspecified atom stereocenters. The standard InChI is InChI=1S/C18H19B2Cl2FN2O4/c1-2-24-18-14(22)6-11-9-29-20(16(11)17(18)23)27-4-3-25-15-7-12-10(5-13(15)21)8-28-19(12)26/h5-7,24-26H,2-4,8-9H2,1H3. The van der Waals surface area contributed by atoms with Crippen LogP contribution in [-0.2, 0) is 27.2 Å². The Morgan fingerprint density at radius 3 is 2.69 bits per heavy atom. The number of benzene rings is 2. The molecule has 0 fully saturated rings. The summed E-state index contributed by atoms with van der Waals surface area (Å²) in [5, 5.41) is 16.8. The van der Waals surface area contributed by atoms with Crippen molar-refractivity contribution in [1.29, 1.82) is 0 Å². The molecule has 0 amide bonds. The van der Waals surface area contributed by atoms with Crippen LogP contribution in [0.25, 0.3) is 0 Å². The lowest BCUT2D eigenvalue weighted by atomic mass is 9.78. The van der Waals surface area contributed by atoms with Crippen LogP contribution in [0.4, 0.5) is 15.8 Å². The first-order chi connectivity index (χ1) is 14.0. The van der Waals surface area contributed by atoms with E-state index in [1.807, 2.05) is 6.92 Å². The maximum absolute atomic E-state index is 14.9. The van der Waals surface area contributed by atoms with Crippen LogP contribution < -0.4 is 21.6 Å². The molecule has 2 heterocycles. The van der Waals surface area contributed by atoms with Gasteiger partial charge < -0.3 is 29.6 Å². The van der Waals surface area contributed by atoms with Gasteiger partial charge >= 0.3 is 14.2 Å². The normalized spacial score (nSPS) is 14.9. The van der Waals surface area contributed by atoms with E-state index in [-0.39, 0.29) is 18.9 Å². The number of hydrogen-bond acceptors (Lipinski definition) is 6. The zero-order valence-electron chi connectivity index (χ0n) is 15.7. The summed E-state index contributed by atoms with van der Waals surface area (Å²) in [6.45, 7) is 3.67. The van der Waals surface area contributed by atoms with Gasteiger partial charge in [0, 0.05) is 25.2 Å². The molecule has 152 valence electrons. The fourth-order valence-corrected chi connectivity index (χ4v) is 4.04. The van der Waals surface area contributed by atoms with Crippen molar-refractivity contribution in [3.8, 4) is 0 Å². The van der Waals surface area contributed by atoms with Gasteiger partial charge in [0.15, 0.2) is 0 Å². The van der Waals surface area contributed by atoms with Crippen LogP contribution in [0, 0.1) is 5.82 Å². The smallest absolute Gasteiger partial charge is 0.423 e. The number of nitrogens with one attached hydrogen (secondary N) is 2. The molecule has 2 aromatic carbocycles. The molecular formula is C18H19B2Cl2FN2O4. The zero-order valence-corrected chi connectivity index (χ0v) is 17.2. The van der Waals surface area contributed by atoms with Gasteiger partial charge in [-0.25, -0.2) is 4.39 Å². The first-order valence-electron chi connectivity index (χ1n) is 9.33. The van der Waals surface area contributed by atoms with Gasteiger partial charge in [-0.05, 0) is 41.7 Å². The van der Waals surface area contributed by atoms with Crippen LogP contribution in [0.1, 0.15) is 18.1 Å². The molecule has 2 aromatic rings. The molecule has 11 heteroatoms. The molecule has 0 saturated carbocycles. The summed E-state index contributed by atoms with van der Waals surface area (Å²) in [4.78, 5) is 0. The van der Waals surface area contributed by atoms with E-state index in [0.717, 1.165) is 5.56 Å². The fourth-order valence-electron chi connectivity index (χ4n) is 3.51. The van der Waals surface area contributed by atoms with Gasteiger partial charge in [-0.2, -0.15) is 0 Å². The first kappa shape index (κ1) is 20.8. The van der Waals surface area contributed by atoms with Crippen molar-refractivity contribution in [2.75, 3.05) is 30.3 Å². The zero-order chi connectivity index (χ0) is 20.5. The Kier molecular flexibility index (Phi) is 6.24. The Hall–Kier alpha value is -1.48. The number of rotatable bonds is 7. The lowest BCUT2D eigenvalue weighted by Crippen LogP contribution is -2.36. The third-order valence-electron chi connectivity index (χ3n) is 4.90. The Morgan fingerprint density at radius 2 is 1.90 bits per heavy atom. The molecular weight excluding hydrogens is 420 g/mol. The molecule has 2 aliphatic rings. The van der Waals surface area contributed by atoms with Gasteiger partial charge in [0.1, 0.15) is 5.82 Å². The number of hydrogen-bond donors (Lipinski definition) is 3. The summed E-state index contributed by atoms with van der Waals surface area (Å²) in [5.41, 5.74) is 3.55. The Morgan fingerprint density at radius 1 is 1.14 bits per heavy atom. The SMILES string of the molecule is CCNc1c(Cl)cc2c(c1F)B(OCCNc1cc3c(cc1Cl)COB3O)OC2. The summed E-state index contributed by atoms with van der Waals surface area (Å²) in [6, 6.07) is 5.24. The molecule has 0 atom stereocenters. The molecule has 0 aliphatic carbocycles. The summed E-state index contributed by atoms with van der Waals surface area (Å²) >= 11 is 12.4. The minimum atomic E-state index is -0.941. The van der Waals surface area contributed by atoms with Gasteiger partial charge in [0.05, 0.1) is 34.6 Å². The van der Waals surface area contributed by atoms with Gasteiger partial charge in [-0.15, -0.1) is 0 Å². The predicted octanol–water partition coefficient (Wildman–Crippen LogP) is 2.14. The van der Waals surface area contributed by atoms with Gasteiger partial charge in [-0.3, -0.25) is 0 Å². The average molecular weight is 439 g/mol. The maximum atomic E-state index is 14.9. The van der Waals surface area contributed by atoms with Crippen molar-refractivity contribution in [3.05, 3.63) is 45.2 Å². The fraction of sp³-hybridized carbons (Fsp3) is 0.333. The molecule has 29 heavy (non-hydrogen) atoms. The summed E-state index contributed by atoms with van der Waals surface area (Å²) in [6.07, 6.45) is 0. The van der Waals surface area contributed by atoms with Crippen LogP contribution in [0.5, 0.6) is 0 Å². The average Bonchev–Trinajstić information content (AvgIpc) is 3.26. The second-order valence-electron chi connectivity index (χ2n) is 6.79. The van der Waals surface area contributed by atoms with Crippen LogP contribution in [-0.4, -0.2) is 39.0 Å². The van der Waals surface area contributed by atoms with Crippen molar-refractivity contribution in [2.45, 2.75) is 20.1 Å². The van der Waals surface area contributed by atoms with Gasteiger partial charge in [0.2, 0.25) is 0 Å². The van der Waals surface area contributed by atoms with E-state index in [2.05, 4.69) is 10.6 Å². The molecule has 6 nitrogen and oxygen atoms in total. The first-order valence-corrected chi connectivity index (χ1v) is 10.1. The Balaban J connectivity index is 1.39. The highest BCUT2D eigenvalue weighted by atomic mass is 35.5. The van der Waals surface area contributed by atoms with E-state index in [4.69, 9.17) is 37.2 Å². The topological polar surface area (TPSA) is 72.0 Å². The highest BCUT2D eigenvalue weighted by Gasteiger charge is 2.36. The van der Waals surface area contributed by atoms with Crippen LogP contribution in [0.2, 0.25) is 10.0 Å². The summed E-state index contributed by atoms with van der Waals surface area (Å²) < 4.78 is 31.4. The van der Waals surface area contributed by atoms with E-state index in [1.54, 1.807) is 18.2 Å². The van der Waals surface area contributed by atoms with Crippen molar-refractivity contribution in [1.82, 2.24) is 0 Å². The lowest BCUT2D eigenvalue weighted by molar-refractivity contribution is 0.217. The third kappa shape index (κ3) is 4.08. The molecule has 0 aromatic heterocycles. The molecule has 0 bridgehead atoms. The molecule has 0 radical (unpaired) electrons. The maximum Gasteiger partial charge on any atom is 0.497 e. The second-order valence-corrected chi connectivity index (χ2v) is 7.60.